The lowest BCUT2D eigenvalue weighted by Gasteiger charge is -2.26. The number of hydrogen-bond acceptors (Lipinski definition) is 2. The van der Waals surface area contributed by atoms with Crippen LogP contribution >= 0.6 is 11.6 Å². The van der Waals surface area contributed by atoms with E-state index in [-0.39, 0.29) is 6.04 Å². The summed E-state index contributed by atoms with van der Waals surface area (Å²) in [5.41, 5.74) is 7.85. The molecule has 3 heteroatoms. The summed E-state index contributed by atoms with van der Waals surface area (Å²) in [7, 11) is 0. The minimum absolute atomic E-state index is 0.0286. The van der Waals surface area contributed by atoms with Crippen LogP contribution in [0.1, 0.15) is 53.5 Å². The number of benzene rings is 2. The molecular formula is C18H21ClN2. The molecule has 0 bridgehead atoms. The number of halogens is 1. The van der Waals surface area contributed by atoms with Crippen LogP contribution in [0.3, 0.4) is 0 Å². The van der Waals surface area contributed by atoms with E-state index in [0.29, 0.717) is 0 Å². The number of aryl methyl sites for hydroxylation is 1. The van der Waals surface area contributed by atoms with Crippen molar-refractivity contribution in [1.82, 2.24) is 5.43 Å². The summed E-state index contributed by atoms with van der Waals surface area (Å²) in [6.07, 6.45) is 4.01. The second kappa shape index (κ2) is 6.18. The highest BCUT2D eigenvalue weighted by Crippen LogP contribution is 2.37. The Bertz CT molecular complexity index is 618. The van der Waals surface area contributed by atoms with E-state index in [1.807, 2.05) is 18.2 Å². The molecule has 0 radical (unpaired) electrons. The summed E-state index contributed by atoms with van der Waals surface area (Å²) >= 11 is 6.13. The predicted octanol–water partition coefficient (Wildman–Crippen LogP) is 4.47. The quantitative estimate of drug-likeness (QED) is 0.646. The van der Waals surface area contributed by atoms with Gasteiger partial charge in [-0.15, -0.1) is 0 Å². The van der Waals surface area contributed by atoms with Crippen molar-refractivity contribution in [3.05, 3.63) is 69.7 Å². The summed E-state index contributed by atoms with van der Waals surface area (Å²) in [6, 6.07) is 14.7. The molecule has 0 aliphatic heterocycles. The molecule has 0 aromatic heterocycles. The van der Waals surface area contributed by atoms with Gasteiger partial charge in [0.15, 0.2) is 0 Å². The summed E-state index contributed by atoms with van der Waals surface area (Å²) in [5, 5.41) is 0.738. The standard InChI is InChI=1S/C18H21ClN2/c1-12-5-10-16(19)11-17(12)18(21-20)15-8-6-14(7-9-15)13-3-2-4-13/h5-11,13,18,21H,2-4,20H2,1H3. The van der Waals surface area contributed by atoms with E-state index in [9.17, 15) is 0 Å². The largest absolute Gasteiger partial charge is 0.271 e. The summed E-state index contributed by atoms with van der Waals surface area (Å²) < 4.78 is 0. The first-order chi connectivity index (χ1) is 10.2. The van der Waals surface area contributed by atoms with Crippen LogP contribution in [0.5, 0.6) is 0 Å². The van der Waals surface area contributed by atoms with Crippen LogP contribution in [-0.2, 0) is 0 Å². The van der Waals surface area contributed by atoms with Gasteiger partial charge in [-0.1, -0.05) is 48.4 Å². The van der Waals surface area contributed by atoms with Gasteiger partial charge in [-0.25, -0.2) is 5.43 Å². The van der Waals surface area contributed by atoms with Gasteiger partial charge in [0.2, 0.25) is 0 Å². The van der Waals surface area contributed by atoms with E-state index in [0.717, 1.165) is 16.5 Å². The average molecular weight is 301 g/mol. The zero-order valence-electron chi connectivity index (χ0n) is 12.3. The first-order valence-corrected chi connectivity index (χ1v) is 7.89. The second-order valence-corrected chi connectivity index (χ2v) is 6.33. The van der Waals surface area contributed by atoms with Crippen molar-refractivity contribution in [3.8, 4) is 0 Å². The Morgan fingerprint density at radius 2 is 1.86 bits per heavy atom. The van der Waals surface area contributed by atoms with E-state index < -0.39 is 0 Å². The van der Waals surface area contributed by atoms with Gasteiger partial charge in [-0.3, -0.25) is 5.84 Å². The average Bonchev–Trinajstić information content (AvgIpc) is 2.43. The number of nitrogens with two attached hydrogens (primary N) is 1. The maximum absolute atomic E-state index is 6.13. The van der Waals surface area contributed by atoms with Crippen molar-refractivity contribution in [2.75, 3.05) is 0 Å². The van der Waals surface area contributed by atoms with Crippen LogP contribution in [0.2, 0.25) is 5.02 Å². The third-order valence-corrected chi connectivity index (χ3v) is 4.80. The minimum Gasteiger partial charge on any atom is -0.271 e. The Morgan fingerprint density at radius 3 is 2.43 bits per heavy atom. The molecule has 1 atom stereocenters. The van der Waals surface area contributed by atoms with Crippen LogP contribution < -0.4 is 11.3 Å². The smallest absolute Gasteiger partial charge is 0.0713 e. The van der Waals surface area contributed by atoms with Gasteiger partial charge in [0, 0.05) is 5.02 Å². The maximum atomic E-state index is 6.13. The molecule has 1 fully saturated rings. The van der Waals surface area contributed by atoms with Gasteiger partial charge in [-0.2, -0.15) is 0 Å². The summed E-state index contributed by atoms with van der Waals surface area (Å²) in [5.74, 6) is 6.56. The molecule has 1 aliphatic rings. The molecule has 1 aliphatic carbocycles. The Morgan fingerprint density at radius 1 is 1.14 bits per heavy atom. The fraction of sp³-hybridized carbons (Fsp3) is 0.333. The normalized spacial score (nSPS) is 16.5. The molecule has 0 amide bonds. The molecule has 0 saturated heterocycles. The van der Waals surface area contributed by atoms with Gasteiger partial charge in [0.25, 0.3) is 0 Å². The highest BCUT2D eigenvalue weighted by molar-refractivity contribution is 6.30. The highest BCUT2D eigenvalue weighted by atomic mass is 35.5. The SMILES string of the molecule is Cc1ccc(Cl)cc1C(NN)c1ccc(C2CCC2)cc1. The van der Waals surface area contributed by atoms with Gasteiger partial charge in [0.1, 0.15) is 0 Å². The zero-order valence-corrected chi connectivity index (χ0v) is 13.0. The molecule has 21 heavy (non-hydrogen) atoms. The Kier molecular flexibility index (Phi) is 4.29. The van der Waals surface area contributed by atoms with Crippen LogP contribution in [0.25, 0.3) is 0 Å². The van der Waals surface area contributed by atoms with Crippen LogP contribution in [0, 0.1) is 6.92 Å². The topological polar surface area (TPSA) is 38.0 Å². The van der Waals surface area contributed by atoms with E-state index in [1.165, 1.54) is 36.0 Å². The number of rotatable bonds is 4. The van der Waals surface area contributed by atoms with E-state index in [4.69, 9.17) is 17.4 Å². The van der Waals surface area contributed by atoms with Gasteiger partial charge in [0.05, 0.1) is 6.04 Å². The van der Waals surface area contributed by atoms with Gasteiger partial charge >= 0.3 is 0 Å². The number of hydrogen-bond donors (Lipinski definition) is 2. The fourth-order valence-corrected chi connectivity index (χ4v) is 3.17. The summed E-state index contributed by atoms with van der Waals surface area (Å²) in [6.45, 7) is 2.08. The highest BCUT2D eigenvalue weighted by Gasteiger charge is 2.20. The first kappa shape index (κ1) is 14.6. The van der Waals surface area contributed by atoms with Crippen molar-refractivity contribution < 1.29 is 0 Å². The van der Waals surface area contributed by atoms with Crippen molar-refractivity contribution in [1.29, 1.82) is 0 Å². The lowest BCUT2D eigenvalue weighted by molar-refractivity contribution is 0.419. The van der Waals surface area contributed by atoms with Gasteiger partial charge < -0.3 is 0 Å². The fourth-order valence-electron chi connectivity index (χ4n) is 2.99. The molecule has 2 aromatic rings. The Labute approximate surface area is 131 Å². The van der Waals surface area contributed by atoms with Crippen LogP contribution in [-0.4, -0.2) is 0 Å². The van der Waals surface area contributed by atoms with Crippen molar-refractivity contribution >= 4 is 11.6 Å². The third kappa shape index (κ3) is 2.98. The van der Waals surface area contributed by atoms with Crippen LogP contribution in [0.4, 0.5) is 0 Å². The Balaban J connectivity index is 1.90. The molecule has 3 rings (SSSR count). The van der Waals surface area contributed by atoms with Crippen LogP contribution in [0.15, 0.2) is 42.5 Å². The van der Waals surface area contributed by atoms with E-state index >= 15 is 0 Å². The molecule has 0 heterocycles. The predicted molar refractivity (Wildman–Crippen MR) is 88.4 cm³/mol. The monoisotopic (exact) mass is 300 g/mol. The molecule has 3 N–H and O–H groups in total. The lowest BCUT2D eigenvalue weighted by atomic mass is 9.79. The minimum atomic E-state index is -0.0286. The van der Waals surface area contributed by atoms with Crippen molar-refractivity contribution in [2.24, 2.45) is 5.84 Å². The molecular weight excluding hydrogens is 280 g/mol. The van der Waals surface area contributed by atoms with Crippen molar-refractivity contribution in [2.45, 2.75) is 38.1 Å². The molecule has 110 valence electrons. The molecule has 0 spiro atoms. The molecule has 2 nitrogen and oxygen atoms in total. The second-order valence-electron chi connectivity index (χ2n) is 5.90. The Hall–Kier alpha value is -1.35. The van der Waals surface area contributed by atoms with Crippen molar-refractivity contribution in [3.63, 3.8) is 0 Å². The molecule has 1 unspecified atom stereocenters. The zero-order chi connectivity index (χ0) is 14.8. The van der Waals surface area contributed by atoms with E-state index in [2.05, 4.69) is 36.6 Å². The molecule has 1 saturated carbocycles. The summed E-state index contributed by atoms with van der Waals surface area (Å²) in [4.78, 5) is 0. The number of nitrogens with one attached hydrogen (secondary N) is 1. The van der Waals surface area contributed by atoms with E-state index in [1.54, 1.807) is 0 Å². The van der Waals surface area contributed by atoms with Gasteiger partial charge in [-0.05, 0) is 60.1 Å². The molecule has 2 aromatic carbocycles. The maximum Gasteiger partial charge on any atom is 0.0713 e. The lowest BCUT2D eigenvalue weighted by Crippen LogP contribution is -2.29. The first-order valence-electron chi connectivity index (χ1n) is 7.51. The number of hydrazine groups is 1. The third-order valence-electron chi connectivity index (χ3n) is 4.57.